The smallest absolute Gasteiger partial charge is 0.410 e. The number of rotatable bonds is 2. The molecule has 1 saturated heterocycles. The third-order valence-electron chi connectivity index (χ3n) is 3.49. The van der Waals surface area contributed by atoms with E-state index in [2.05, 4.69) is 4.90 Å². The third-order valence-corrected chi connectivity index (χ3v) is 3.73. The van der Waals surface area contributed by atoms with Gasteiger partial charge in [-0.25, -0.2) is 4.79 Å². The van der Waals surface area contributed by atoms with Crippen LogP contribution in [0.15, 0.2) is 24.3 Å². The van der Waals surface area contributed by atoms with Crippen LogP contribution in [0.2, 0.25) is 5.02 Å². The summed E-state index contributed by atoms with van der Waals surface area (Å²) in [6, 6.07) is 7.29. The highest BCUT2D eigenvalue weighted by Gasteiger charge is 2.33. The molecule has 1 N–H and O–H groups in total. The van der Waals surface area contributed by atoms with E-state index in [1.54, 1.807) is 4.90 Å². The van der Waals surface area contributed by atoms with E-state index in [4.69, 9.17) is 16.3 Å². The number of carbonyl (C=O) groups excluding carboxylic acids is 1. The Kier molecular flexibility index (Phi) is 5.19. The summed E-state index contributed by atoms with van der Waals surface area (Å²) in [5, 5.41) is 10.3. The molecule has 1 amide bonds. The number of aliphatic hydroxyl groups excluding tert-OH is 1. The second-order valence-electron chi connectivity index (χ2n) is 6.44. The minimum atomic E-state index is -0.540. The number of nitrogens with zero attached hydrogens (tertiary/aromatic N) is 2. The maximum Gasteiger partial charge on any atom is 0.410 e. The van der Waals surface area contributed by atoms with Crippen molar-refractivity contribution in [2.24, 2.45) is 0 Å². The lowest BCUT2D eigenvalue weighted by Crippen LogP contribution is -2.57. The fourth-order valence-electron chi connectivity index (χ4n) is 2.48. The van der Waals surface area contributed by atoms with Gasteiger partial charge in [0.1, 0.15) is 5.60 Å². The van der Waals surface area contributed by atoms with Crippen molar-refractivity contribution in [3.63, 3.8) is 0 Å². The van der Waals surface area contributed by atoms with Gasteiger partial charge in [0.25, 0.3) is 0 Å². The summed E-state index contributed by atoms with van der Waals surface area (Å²) in [4.78, 5) is 16.0. The highest BCUT2D eigenvalue weighted by molar-refractivity contribution is 6.30. The van der Waals surface area contributed by atoms with Crippen LogP contribution in [0.25, 0.3) is 0 Å². The predicted octanol–water partition coefficient (Wildman–Crippen LogP) is 2.76. The van der Waals surface area contributed by atoms with Crippen molar-refractivity contribution in [3.8, 4) is 0 Å². The Labute approximate surface area is 136 Å². The number of amides is 1. The average molecular weight is 327 g/mol. The molecule has 22 heavy (non-hydrogen) atoms. The molecule has 5 nitrogen and oxygen atoms in total. The summed E-state index contributed by atoms with van der Waals surface area (Å²) in [6.07, 6.45) is -0.378. The molecule has 0 aliphatic carbocycles. The van der Waals surface area contributed by atoms with Crippen molar-refractivity contribution in [3.05, 3.63) is 29.3 Å². The van der Waals surface area contributed by atoms with Crippen molar-refractivity contribution < 1.29 is 14.6 Å². The molecule has 1 aliphatic rings. The highest BCUT2D eigenvalue weighted by atomic mass is 35.5. The Morgan fingerprint density at radius 3 is 2.73 bits per heavy atom. The lowest BCUT2D eigenvalue weighted by molar-refractivity contribution is 0.00704. The number of hydrogen-bond acceptors (Lipinski definition) is 4. The molecule has 1 fully saturated rings. The van der Waals surface area contributed by atoms with Crippen molar-refractivity contribution in [2.75, 3.05) is 31.1 Å². The van der Waals surface area contributed by atoms with Crippen LogP contribution in [0, 0.1) is 0 Å². The highest BCUT2D eigenvalue weighted by Crippen LogP contribution is 2.23. The van der Waals surface area contributed by atoms with Crippen molar-refractivity contribution in [1.82, 2.24) is 4.90 Å². The number of benzene rings is 1. The number of hydrogen-bond donors (Lipinski definition) is 1. The zero-order valence-electron chi connectivity index (χ0n) is 13.3. The summed E-state index contributed by atoms with van der Waals surface area (Å²) in [6.45, 7) is 7.14. The normalized spacial score (nSPS) is 19.2. The first-order valence-corrected chi connectivity index (χ1v) is 7.79. The first kappa shape index (κ1) is 16.9. The van der Waals surface area contributed by atoms with Gasteiger partial charge in [-0.15, -0.1) is 0 Å². The summed E-state index contributed by atoms with van der Waals surface area (Å²) in [5.41, 5.74) is 0.455. The maximum absolute atomic E-state index is 12.2. The van der Waals surface area contributed by atoms with Gasteiger partial charge in [0.05, 0.1) is 12.6 Å². The minimum Gasteiger partial charge on any atom is -0.444 e. The fourth-order valence-corrected chi connectivity index (χ4v) is 2.66. The quantitative estimate of drug-likeness (QED) is 0.908. The van der Waals surface area contributed by atoms with Gasteiger partial charge in [-0.2, -0.15) is 0 Å². The molecule has 6 heteroatoms. The third kappa shape index (κ3) is 4.27. The van der Waals surface area contributed by atoms with Gasteiger partial charge < -0.3 is 14.7 Å². The van der Waals surface area contributed by atoms with Crippen LogP contribution in [0.1, 0.15) is 20.8 Å². The van der Waals surface area contributed by atoms with Crippen LogP contribution < -0.4 is 4.90 Å². The van der Waals surface area contributed by atoms with Crippen molar-refractivity contribution >= 4 is 23.4 Å². The van der Waals surface area contributed by atoms with E-state index in [0.29, 0.717) is 24.7 Å². The monoisotopic (exact) mass is 326 g/mol. The van der Waals surface area contributed by atoms with Gasteiger partial charge in [-0.05, 0) is 39.0 Å². The van der Waals surface area contributed by atoms with Crippen LogP contribution in [-0.2, 0) is 4.74 Å². The van der Waals surface area contributed by atoms with E-state index in [0.717, 1.165) is 5.69 Å². The lowest BCUT2D eigenvalue weighted by atomic mass is 10.1. The topological polar surface area (TPSA) is 53.0 Å². The molecule has 1 aliphatic heterocycles. The summed E-state index contributed by atoms with van der Waals surface area (Å²) in [5.74, 6) is 0. The Balaban J connectivity index is 2.06. The molecule has 0 aromatic heterocycles. The molecule has 122 valence electrons. The predicted molar refractivity (Wildman–Crippen MR) is 87.5 cm³/mol. The fraction of sp³-hybridized carbons (Fsp3) is 0.562. The van der Waals surface area contributed by atoms with Gasteiger partial charge in [0.15, 0.2) is 0 Å². The number of anilines is 1. The lowest BCUT2D eigenvalue weighted by Gasteiger charge is -2.42. The first-order chi connectivity index (χ1) is 10.3. The number of piperazine rings is 1. The van der Waals surface area contributed by atoms with Crippen LogP contribution in [-0.4, -0.2) is 54.0 Å². The molecule has 0 bridgehead atoms. The van der Waals surface area contributed by atoms with E-state index in [1.165, 1.54) is 0 Å². The number of halogens is 1. The number of carbonyl (C=O) groups is 1. The van der Waals surface area contributed by atoms with E-state index in [1.807, 2.05) is 45.0 Å². The van der Waals surface area contributed by atoms with Crippen LogP contribution in [0.3, 0.4) is 0 Å². The Hall–Kier alpha value is -1.46. The Bertz CT molecular complexity index is 530. The van der Waals surface area contributed by atoms with Crippen LogP contribution >= 0.6 is 11.6 Å². The summed E-state index contributed by atoms with van der Waals surface area (Å²) in [7, 11) is 0. The molecular formula is C16H23ClN2O3. The van der Waals surface area contributed by atoms with Gasteiger partial charge in [0, 0.05) is 30.3 Å². The number of aliphatic hydroxyl groups is 1. The molecule has 1 atom stereocenters. The molecular weight excluding hydrogens is 304 g/mol. The summed E-state index contributed by atoms with van der Waals surface area (Å²) < 4.78 is 5.41. The minimum absolute atomic E-state index is 0.101. The molecule has 0 spiro atoms. The second-order valence-corrected chi connectivity index (χ2v) is 6.87. The van der Waals surface area contributed by atoms with Gasteiger partial charge in [-0.1, -0.05) is 17.7 Å². The summed E-state index contributed by atoms with van der Waals surface area (Å²) >= 11 is 6.03. The van der Waals surface area contributed by atoms with Crippen molar-refractivity contribution in [2.45, 2.75) is 32.4 Å². The first-order valence-electron chi connectivity index (χ1n) is 7.41. The van der Waals surface area contributed by atoms with Gasteiger partial charge >= 0.3 is 6.09 Å². The van der Waals surface area contributed by atoms with Crippen LogP contribution in [0.5, 0.6) is 0 Å². The maximum atomic E-state index is 12.2. The zero-order chi connectivity index (χ0) is 16.3. The van der Waals surface area contributed by atoms with Crippen LogP contribution in [0.4, 0.5) is 10.5 Å². The molecule has 1 unspecified atom stereocenters. The van der Waals surface area contributed by atoms with E-state index < -0.39 is 5.60 Å². The van der Waals surface area contributed by atoms with E-state index in [-0.39, 0.29) is 18.7 Å². The molecule has 0 saturated carbocycles. The second kappa shape index (κ2) is 6.75. The van der Waals surface area contributed by atoms with E-state index >= 15 is 0 Å². The molecule has 1 aromatic rings. The number of ether oxygens (including phenoxy) is 1. The Morgan fingerprint density at radius 1 is 1.41 bits per heavy atom. The average Bonchev–Trinajstić information content (AvgIpc) is 2.44. The largest absolute Gasteiger partial charge is 0.444 e. The zero-order valence-corrected chi connectivity index (χ0v) is 14.0. The Morgan fingerprint density at radius 2 is 2.14 bits per heavy atom. The molecule has 1 heterocycles. The molecule has 1 aromatic carbocycles. The van der Waals surface area contributed by atoms with Gasteiger partial charge in [-0.3, -0.25) is 4.90 Å². The standard InChI is InChI=1S/C16H23ClN2O3/c1-16(2,3)22-15(21)19-8-7-18(10-14(19)11-20)13-6-4-5-12(17)9-13/h4-6,9,14,20H,7-8,10-11H2,1-3H3. The van der Waals surface area contributed by atoms with Crippen molar-refractivity contribution in [1.29, 1.82) is 0 Å². The molecule has 0 radical (unpaired) electrons. The van der Waals surface area contributed by atoms with Gasteiger partial charge in [0.2, 0.25) is 0 Å². The van der Waals surface area contributed by atoms with E-state index in [9.17, 15) is 9.90 Å². The SMILES string of the molecule is CC(C)(C)OC(=O)N1CCN(c2cccc(Cl)c2)CC1CO. The molecule has 2 rings (SSSR count).